The average molecular weight is 214 g/mol. The van der Waals surface area contributed by atoms with Crippen LogP contribution in [0.2, 0.25) is 0 Å². The van der Waals surface area contributed by atoms with Gasteiger partial charge in [0.25, 0.3) is 0 Å². The number of azo groups is 1. The Balaban J connectivity index is 2.86. The first-order chi connectivity index (χ1) is 7.03. The molecule has 1 aliphatic rings. The lowest BCUT2D eigenvalue weighted by molar-refractivity contribution is -0.159. The summed E-state index contributed by atoms with van der Waals surface area (Å²) in [5.74, 6) is -0.967. The normalized spacial score (nSPS) is 26.1. The maximum Gasteiger partial charge on any atom is 0.339 e. The van der Waals surface area contributed by atoms with Crippen LogP contribution in [0.3, 0.4) is 0 Å². The number of rotatable bonds is 3. The van der Waals surface area contributed by atoms with Crippen molar-refractivity contribution in [2.75, 3.05) is 13.7 Å². The first kappa shape index (κ1) is 11.6. The molecule has 1 rings (SSSR count). The third-order valence-electron chi connectivity index (χ3n) is 2.40. The van der Waals surface area contributed by atoms with E-state index in [0.29, 0.717) is 13.0 Å². The van der Waals surface area contributed by atoms with E-state index in [1.807, 2.05) is 0 Å². The molecule has 0 unspecified atom stereocenters. The van der Waals surface area contributed by atoms with Crippen LogP contribution in [0.15, 0.2) is 10.2 Å². The summed E-state index contributed by atoms with van der Waals surface area (Å²) >= 11 is 0. The standard InChI is InChI=1S/C9H14N2O4/c1-6(15-7(2)12)9(8(13)14-3)4-5-10-11-9/h6H,4-5H2,1-3H3/t6-,9+/m0/s1. The molecule has 6 heteroatoms. The van der Waals surface area contributed by atoms with E-state index in [9.17, 15) is 9.59 Å². The van der Waals surface area contributed by atoms with E-state index in [1.54, 1.807) is 6.92 Å². The number of carbonyl (C=O) groups excluding carboxylic acids is 2. The predicted molar refractivity (Wildman–Crippen MR) is 50.3 cm³/mol. The second kappa shape index (κ2) is 4.37. The molecule has 0 amide bonds. The molecule has 0 aromatic heterocycles. The topological polar surface area (TPSA) is 77.3 Å². The van der Waals surface area contributed by atoms with Crippen LogP contribution in [0.25, 0.3) is 0 Å². The molecule has 15 heavy (non-hydrogen) atoms. The highest BCUT2D eigenvalue weighted by Gasteiger charge is 2.49. The molecule has 0 spiro atoms. The van der Waals surface area contributed by atoms with E-state index in [2.05, 4.69) is 15.0 Å². The van der Waals surface area contributed by atoms with Crippen molar-refractivity contribution in [2.45, 2.75) is 31.9 Å². The van der Waals surface area contributed by atoms with Crippen molar-refractivity contribution in [3.8, 4) is 0 Å². The van der Waals surface area contributed by atoms with Gasteiger partial charge in [-0.25, -0.2) is 4.79 Å². The minimum Gasteiger partial charge on any atom is -0.467 e. The van der Waals surface area contributed by atoms with Crippen molar-refractivity contribution in [3.63, 3.8) is 0 Å². The molecule has 0 aromatic carbocycles. The number of methoxy groups -OCH3 is 1. The monoisotopic (exact) mass is 214 g/mol. The number of esters is 2. The molecule has 0 saturated carbocycles. The van der Waals surface area contributed by atoms with Gasteiger partial charge in [-0.15, -0.1) is 0 Å². The minimum absolute atomic E-state index is 0.411. The van der Waals surface area contributed by atoms with Gasteiger partial charge in [-0.2, -0.15) is 10.2 Å². The van der Waals surface area contributed by atoms with Crippen LogP contribution < -0.4 is 0 Å². The number of hydrogen-bond acceptors (Lipinski definition) is 6. The van der Waals surface area contributed by atoms with Crippen LogP contribution in [-0.2, 0) is 19.1 Å². The lowest BCUT2D eigenvalue weighted by atomic mass is 9.91. The molecule has 1 aliphatic heterocycles. The Morgan fingerprint density at radius 1 is 1.47 bits per heavy atom. The van der Waals surface area contributed by atoms with Gasteiger partial charge in [0.2, 0.25) is 5.54 Å². The maximum atomic E-state index is 11.6. The van der Waals surface area contributed by atoms with Gasteiger partial charge in [0.1, 0.15) is 6.10 Å². The van der Waals surface area contributed by atoms with Crippen LogP contribution in [0.4, 0.5) is 0 Å². The smallest absolute Gasteiger partial charge is 0.339 e. The summed E-state index contributed by atoms with van der Waals surface area (Å²) in [6.07, 6.45) is -0.248. The Kier molecular flexibility index (Phi) is 3.39. The fourth-order valence-electron chi connectivity index (χ4n) is 1.56. The number of carbonyl (C=O) groups is 2. The molecule has 0 aliphatic carbocycles. The van der Waals surface area contributed by atoms with Crippen molar-refractivity contribution >= 4 is 11.9 Å². The molecule has 0 fully saturated rings. The number of nitrogens with zero attached hydrogens (tertiary/aromatic N) is 2. The van der Waals surface area contributed by atoms with Crippen LogP contribution in [0.1, 0.15) is 20.3 Å². The first-order valence-corrected chi connectivity index (χ1v) is 4.67. The third-order valence-corrected chi connectivity index (χ3v) is 2.40. The van der Waals surface area contributed by atoms with Crippen molar-refractivity contribution in [1.29, 1.82) is 0 Å². The van der Waals surface area contributed by atoms with Gasteiger partial charge in [-0.1, -0.05) is 0 Å². The molecule has 2 atom stereocenters. The fourth-order valence-corrected chi connectivity index (χ4v) is 1.56. The summed E-state index contributed by atoms with van der Waals surface area (Å²) in [5, 5.41) is 7.63. The summed E-state index contributed by atoms with van der Waals surface area (Å²) in [6, 6.07) is 0. The van der Waals surface area contributed by atoms with E-state index in [0.717, 1.165) is 0 Å². The van der Waals surface area contributed by atoms with Gasteiger partial charge < -0.3 is 9.47 Å². The van der Waals surface area contributed by atoms with Gasteiger partial charge in [-0.05, 0) is 6.92 Å². The molecule has 0 radical (unpaired) electrons. The van der Waals surface area contributed by atoms with E-state index >= 15 is 0 Å². The van der Waals surface area contributed by atoms with Crippen molar-refractivity contribution in [1.82, 2.24) is 0 Å². The highest BCUT2D eigenvalue weighted by atomic mass is 16.6. The predicted octanol–water partition coefficient (Wildman–Crippen LogP) is 0.706. The molecule has 6 nitrogen and oxygen atoms in total. The summed E-state index contributed by atoms with van der Waals surface area (Å²) in [7, 11) is 1.28. The average Bonchev–Trinajstić information content (AvgIpc) is 2.65. The van der Waals surface area contributed by atoms with Crippen LogP contribution in [-0.4, -0.2) is 37.2 Å². The van der Waals surface area contributed by atoms with E-state index in [-0.39, 0.29) is 0 Å². The summed E-state index contributed by atoms with van der Waals surface area (Å²) < 4.78 is 9.62. The second-order valence-corrected chi connectivity index (χ2v) is 3.38. The van der Waals surface area contributed by atoms with Crippen molar-refractivity contribution in [3.05, 3.63) is 0 Å². The highest BCUT2D eigenvalue weighted by molar-refractivity contribution is 5.82. The second-order valence-electron chi connectivity index (χ2n) is 3.38. The molecule has 84 valence electrons. The largest absolute Gasteiger partial charge is 0.467 e. The lowest BCUT2D eigenvalue weighted by Gasteiger charge is -2.27. The van der Waals surface area contributed by atoms with Gasteiger partial charge >= 0.3 is 11.9 Å². The Hall–Kier alpha value is -1.46. The SMILES string of the molecule is COC(=O)[C@]1([C@H](C)OC(C)=O)CCN=N1. The molecule has 0 saturated heterocycles. The Morgan fingerprint density at radius 3 is 2.53 bits per heavy atom. The number of hydrogen-bond donors (Lipinski definition) is 0. The van der Waals surface area contributed by atoms with Crippen LogP contribution in [0.5, 0.6) is 0 Å². The molecule has 0 N–H and O–H groups in total. The maximum absolute atomic E-state index is 11.6. The van der Waals surface area contributed by atoms with Crippen molar-refractivity contribution < 1.29 is 19.1 Å². The molecular weight excluding hydrogens is 200 g/mol. The Labute approximate surface area is 87.6 Å². The molecular formula is C9H14N2O4. The number of ether oxygens (including phenoxy) is 2. The van der Waals surface area contributed by atoms with E-state index < -0.39 is 23.6 Å². The quantitative estimate of drug-likeness (QED) is 0.648. The van der Waals surface area contributed by atoms with Gasteiger partial charge in [0, 0.05) is 13.3 Å². The van der Waals surface area contributed by atoms with E-state index in [1.165, 1.54) is 14.0 Å². The van der Waals surface area contributed by atoms with Gasteiger partial charge in [0.15, 0.2) is 0 Å². The summed E-state index contributed by atoms with van der Waals surface area (Å²) in [6.45, 7) is 3.34. The fraction of sp³-hybridized carbons (Fsp3) is 0.778. The van der Waals surface area contributed by atoms with Crippen LogP contribution in [0, 0.1) is 0 Å². The zero-order valence-corrected chi connectivity index (χ0v) is 9.02. The highest BCUT2D eigenvalue weighted by Crippen LogP contribution is 2.30. The zero-order valence-electron chi connectivity index (χ0n) is 9.02. The molecule has 1 heterocycles. The van der Waals surface area contributed by atoms with E-state index in [4.69, 9.17) is 4.74 Å². The summed E-state index contributed by atoms with van der Waals surface area (Å²) in [4.78, 5) is 22.4. The van der Waals surface area contributed by atoms with Gasteiger partial charge in [0.05, 0.1) is 13.7 Å². The summed E-state index contributed by atoms with van der Waals surface area (Å²) in [5.41, 5.74) is -1.15. The lowest BCUT2D eigenvalue weighted by Crippen LogP contribution is -2.47. The zero-order chi connectivity index (χ0) is 11.5. The van der Waals surface area contributed by atoms with Crippen molar-refractivity contribution in [2.24, 2.45) is 10.2 Å². The Morgan fingerprint density at radius 2 is 2.13 bits per heavy atom. The molecule has 0 aromatic rings. The van der Waals surface area contributed by atoms with Crippen LogP contribution >= 0.6 is 0 Å². The first-order valence-electron chi connectivity index (χ1n) is 4.67. The molecule has 0 bridgehead atoms. The Bertz CT molecular complexity index is 302. The minimum atomic E-state index is -1.15. The van der Waals surface area contributed by atoms with Gasteiger partial charge in [-0.3, -0.25) is 4.79 Å². The third kappa shape index (κ3) is 2.14.